The number of piperidine rings is 1. The van der Waals surface area contributed by atoms with Crippen LogP contribution in [0.4, 0.5) is 0 Å². The Hall–Kier alpha value is -2.34. The molecule has 3 N–H and O–H groups in total. The number of carbonyl (C=O) groups excluding carboxylic acids is 2. The molecular weight excluding hydrogens is 364 g/mol. The van der Waals surface area contributed by atoms with Crippen molar-refractivity contribution >= 4 is 22.7 Å². The van der Waals surface area contributed by atoms with Crippen LogP contribution >= 0.6 is 0 Å². The molecule has 1 aliphatic rings. The molecule has 3 rings (SSSR count). The Bertz CT molecular complexity index is 836. The molecular formula is C23H34N4O2. The van der Waals surface area contributed by atoms with Crippen LogP contribution < -0.4 is 10.6 Å². The van der Waals surface area contributed by atoms with Gasteiger partial charge in [-0.3, -0.25) is 9.59 Å². The Kier molecular flexibility index (Phi) is 6.96. The van der Waals surface area contributed by atoms with E-state index in [1.165, 1.54) is 13.3 Å². The highest BCUT2D eigenvalue weighted by Crippen LogP contribution is 2.21. The highest BCUT2D eigenvalue weighted by Gasteiger charge is 2.26. The van der Waals surface area contributed by atoms with E-state index in [0.29, 0.717) is 18.3 Å². The summed E-state index contributed by atoms with van der Waals surface area (Å²) < 4.78 is 0. The average molecular weight is 399 g/mol. The molecule has 0 bridgehead atoms. The molecule has 6 nitrogen and oxygen atoms in total. The molecule has 2 heterocycles. The lowest BCUT2D eigenvalue weighted by atomic mass is 9.91. The van der Waals surface area contributed by atoms with Crippen molar-refractivity contribution in [3.05, 3.63) is 36.0 Å². The van der Waals surface area contributed by atoms with Gasteiger partial charge in [0.15, 0.2) is 0 Å². The van der Waals surface area contributed by atoms with E-state index in [0.717, 1.165) is 36.1 Å². The average Bonchev–Trinajstić information content (AvgIpc) is 3.03. The van der Waals surface area contributed by atoms with Crippen LogP contribution in [0.2, 0.25) is 0 Å². The van der Waals surface area contributed by atoms with Crippen molar-refractivity contribution in [3.8, 4) is 0 Å². The maximum Gasteiger partial charge on any atom is 0.243 e. The third kappa shape index (κ3) is 5.82. The maximum absolute atomic E-state index is 13.0. The van der Waals surface area contributed by atoms with E-state index >= 15 is 0 Å². The molecule has 0 spiro atoms. The normalized spacial score (nSPS) is 22.2. The van der Waals surface area contributed by atoms with Crippen LogP contribution in [-0.4, -0.2) is 53.4 Å². The van der Waals surface area contributed by atoms with Crippen LogP contribution in [0, 0.1) is 11.8 Å². The fourth-order valence-electron chi connectivity index (χ4n) is 4.69. The van der Waals surface area contributed by atoms with Crippen molar-refractivity contribution in [2.24, 2.45) is 11.8 Å². The number of hydrogen-bond donors (Lipinski definition) is 3. The number of carbonyl (C=O) groups is 2. The van der Waals surface area contributed by atoms with E-state index in [2.05, 4.69) is 34.4 Å². The number of hydrogen-bond acceptors (Lipinski definition) is 3. The Balaban J connectivity index is 1.63. The molecule has 0 saturated carbocycles. The van der Waals surface area contributed by atoms with E-state index in [9.17, 15) is 9.59 Å². The summed E-state index contributed by atoms with van der Waals surface area (Å²) in [6.45, 7) is 11.1. The SMILES string of the molecule is CC(=O)NC(Cc1c[nH]c2ccccc12)C(=O)NC(C)CN1CC(C)CC(C)C1. The molecule has 2 amide bonds. The zero-order valence-electron chi connectivity index (χ0n) is 18.0. The van der Waals surface area contributed by atoms with Crippen LogP contribution in [0.3, 0.4) is 0 Å². The van der Waals surface area contributed by atoms with Crippen LogP contribution in [0.5, 0.6) is 0 Å². The number of H-pyrrole nitrogens is 1. The zero-order chi connectivity index (χ0) is 21.0. The number of likely N-dealkylation sites (tertiary alicyclic amines) is 1. The van der Waals surface area contributed by atoms with Crippen LogP contribution in [0.15, 0.2) is 30.5 Å². The fourth-order valence-corrected chi connectivity index (χ4v) is 4.69. The Morgan fingerprint density at radius 1 is 1.17 bits per heavy atom. The van der Waals surface area contributed by atoms with Gasteiger partial charge in [0.1, 0.15) is 6.04 Å². The molecule has 1 aromatic heterocycles. The first kappa shape index (κ1) is 21.4. The molecule has 6 heteroatoms. The zero-order valence-corrected chi connectivity index (χ0v) is 18.0. The van der Waals surface area contributed by atoms with Gasteiger partial charge < -0.3 is 20.5 Å². The first-order valence-electron chi connectivity index (χ1n) is 10.7. The molecule has 158 valence electrons. The van der Waals surface area contributed by atoms with Crippen molar-refractivity contribution < 1.29 is 9.59 Å². The first-order valence-corrected chi connectivity index (χ1v) is 10.7. The van der Waals surface area contributed by atoms with Crippen molar-refractivity contribution in [3.63, 3.8) is 0 Å². The Morgan fingerprint density at radius 2 is 1.86 bits per heavy atom. The van der Waals surface area contributed by atoms with Gasteiger partial charge in [0.2, 0.25) is 11.8 Å². The van der Waals surface area contributed by atoms with E-state index < -0.39 is 6.04 Å². The Labute approximate surface area is 173 Å². The summed E-state index contributed by atoms with van der Waals surface area (Å²) in [6, 6.07) is 7.44. The van der Waals surface area contributed by atoms with Gasteiger partial charge in [-0.25, -0.2) is 0 Å². The maximum atomic E-state index is 13.0. The summed E-state index contributed by atoms with van der Waals surface area (Å²) >= 11 is 0. The van der Waals surface area contributed by atoms with Crippen LogP contribution in [-0.2, 0) is 16.0 Å². The van der Waals surface area contributed by atoms with Crippen molar-refractivity contribution in [2.45, 2.75) is 52.6 Å². The third-order valence-corrected chi connectivity index (χ3v) is 5.66. The highest BCUT2D eigenvalue weighted by molar-refractivity contribution is 5.89. The largest absolute Gasteiger partial charge is 0.361 e. The van der Waals surface area contributed by atoms with Crippen molar-refractivity contribution in [1.82, 2.24) is 20.5 Å². The molecule has 1 aliphatic heterocycles. The summed E-state index contributed by atoms with van der Waals surface area (Å²) in [5.74, 6) is 1.05. The van der Waals surface area contributed by atoms with Gasteiger partial charge in [-0.05, 0) is 36.8 Å². The number of benzene rings is 1. The lowest BCUT2D eigenvalue weighted by molar-refractivity contribution is -0.128. The van der Waals surface area contributed by atoms with Gasteiger partial charge in [-0.1, -0.05) is 32.0 Å². The van der Waals surface area contributed by atoms with Gasteiger partial charge in [0.05, 0.1) is 0 Å². The summed E-state index contributed by atoms with van der Waals surface area (Å²) in [7, 11) is 0. The minimum atomic E-state index is -0.589. The second-order valence-electron chi connectivity index (χ2n) is 8.89. The van der Waals surface area contributed by atoms with Crippen LogP contribution in [0.1, 0.15) is 39.7 Å². The molecule has 29 heavy (non-hydrogen) atoms. The smallest absolute Gasteiger partial charge is 0.243 e. The lowest BCUT2D eigenvalue weighted by Gasteiger charge is -2.36. The summed E-state index contributed by atoms with van der Waals surface area (Å²) in [5.41, 5.74) is 2.06. The lowest BCUT2D eigenvalue weighted by Crippen LogP contribution is -2.53. The molecule has 4 atom stereocenters. The first-order chi connectivity index (χ1) is 13.8. The summed E-state index contributed by atoms with van der Waals surface area (Å²) in [4.78, 5) is 30.4. The topological polar surface area (TPSA) is 77.2 Å². The molecule has 1 saturated heterocycles. The van der Waals surface area contributed by atoms with E-state index in [4.69, 9.17) is 0 Å². The Morgan fingerprint density at radius 3 is 2.55 bits per heavy atom. The summed E-state index contributed by atoms with van der Waals surface area (Å²) in [5, 5.41) is 7.03. The number of rotatable bonds is 7. The van der Waals surface area contributed by atoms with Gasteiger partial charge >= 0.3 is 0 Å². The number of nitrogens with one attached hydrogen (secondary N) is 3. The van der Waals surface area contributed by atoms with E-state index in [-0.39, 0.29) is 17.9 Å². The third-order valence-electron chi connectivity index (χ3n) is 5.66. The fraction of sp³-hybridized carbons (Fsp3) is 0.565. The standard InChI is InChI=1S/C23H34N4O2/c1-15-9-16(2)13-27(12-15)14-17(3)25-23(29)22(26-18(4)28)10-19-11-24-21-8-6-5-7-20(19)21/h5-8,11,15-17,22,24H,9-10,12-14H2,1-4H3,(H,25,29)(H,26,28). The number of aromatic amines is 1. The van der Waals surface area contributed by atoms with Gasteiger partial charge in [0.25, 0.3) is 0 Å². The minimum absolute atomic E-state index is 0.0271. The second kappa shape index (κ2) is 9.44. The number of aromatic nitrogens is 1. The number of para-hydroxylation sites is 1. The monoisotopic (exact) mass is 398 g/mol. The number of fused-ring (bicyclic) bond motifs is 1. The van der Waals surface area contributed by atoms with E-state index in [1.807, 2.05) is 37.4 Å². The molecule has 0 aliphatic carbocycles. The number of nitrogens with zero attached hydrogens (tertiary/aromatic N) is 1. The molecule has 1 fully saturated rings. The minimum Gasteiger partial charge on any atom is -0.361 e. The van der Waals surface area contributed by atoms with Crippen molar-refractivity contribution in [1.29, 1.82) is 0 Å². The second-order valence-corrected chi connectivity index (χ2v) is 8.89. The van der Waals surface area contributed by atoms with Gasteiger partial charge in [-0.2, -0.15) is 0 Å². The van der Waals surface area contributed by atoms with Crippen molar-refractivity contribution in [2.75, 3.05) is 19.6 Å². The molecule has 2 aromatic rings. The molecule has 0 radical (unpaired) electrons. The highest BCUT2D eigenvalue weighted by atomic mass is 16.2. The van der Waals surface area contributed by atoms with Gasteiger partial charge in [-0.15, -0.1) is 0 Å². The van der Waals surface area contributed by atoms with Gasteiger partial charge in [0, 0.05) is 56.1 Å². The molecule has 4 unspecified atom stereocenters. The quantitative estimate of drug-likeness (QED) is 0.671. The summed E-state index contributed by atoms with van der Waals surface area (Å²) in [6.07, 6.45) is 3.65. The van der Waals surface area contributed by atoms with Crippen LogP contribution in [0.25, 0.3) is 10.9 Å². The predicted octanol–water partition coefficient (Wildman–Crippen LogP) is 2.70. The van der Waals surface area contributed by atoms with E-state index in [1.54, 1.807) is 0 Å². The number of amides is 2. The molecule has 1 aromatic carbocycles. The predicted molar refractivity (Wildman–Crippen MR) is 117 cm³/mol.